The van der Waals surface area contributed by atoms with Gasteiger partial charge in [-0.15, -0.1) is 0 Å². The fourth-order valence-corrected chi connectivity index (χ4v) is 3.73. The van der Waals surface area contributed by atoms with E-state index in [-0.39, 0.29) is 18.8 Å². The first-order chi connectivity index (χ1) is 10.8. The van der Waals surface area contributed by atoms with Gasteiger partial charge < -0.3 is 19.1 Å². The van der Waals surface area contributed by atoms with Crippen LogP contribution in [0.1, 0.15) is 31.2 Å². The molecule has 0 N–H and O–H groups in total. The first-order valence-electron chi connectivity index (χ1n) is 8.11. The van der Waals surface area contributed by atoms with Crippen molar-refractivity contribution >= 4 is 5.91 Å². The monoisotopic (exact) mass is 303 g/mol. The van der Waals surface area contributed by atoms with Gasteiger partial charge in [-0.2, -0.15) is 0 Å². The van der Waals surface area contributed by atoms with E-state index in [9.17, 15) is 4.79 Å². The van der Waals surface area contributed by atoms with Crippen molar-refractivity contribution in [3.05, 3.63) is 23.8 Å². The highest BCUT2D eigenvalue weighted by atomic mass is 16.7. The average molecular weight is 303 g/mol. The summed E-state index contributed by atoms with van der Waals surface area (Å²) < 4.78 is 16.5. The van der Waals surface area contributed by atoms with E-state index in [4.69, 9.17) is 14.2 Å². The second-order valence-corrected chi connectivity index (χ2v) is 6.18. The Morgan fingerprint density at radius 1 is 1.23 bits per heavy atom. The molecule has 0 spiro atoms. The molecule has 5 heteroatoms. The molecule has 1 aromatic carbocycles. The lowest BCUT2D eigenvalue weighted by molar-refractivity contribution is -0.143. The number of ether oxygens (including phenoxy) is 3. The van der Waals surface area contributed by atoms with E-state index in [1.165, 1.54) is 6.42 Å². The van der Waals surface area contributed by atoms with Crippen LogP contribution in [0.4, 0.5) is 0 Å². The number of carbonyl (C=O) groups is 1. The van der Waals surface area contributed by atoms with Crippen LogP contribution in [0.2, 0.25) is 0 Å². The Hall–Kier alpha value is -1.75. The van der Waals surface area contributed by atoms with Crippen molar-refractivity contribution in [2.45, 2.75) is 44.2 Å². The van der Waals surface area contributed by atoms with Gasteiger partial charge in [0, 0.05) is 13.0 Å². The quantitative estimate of drug-likeness (QED) is 0.858. The molecule has 1 aromatic rings. The topological polar surface area (TPSA) is 48.0 Å². The van der Waals surface area contributed by atoms with E-state index in [1.807, 2.05) is 23.1 Å². The highest BCUT2D eigenvalue weighted by Crippen LogP contribution is 2.33. The number of morpholine rings is 1. The summed E-state index contributed by atoms with van der Waals surface area (Å²) in [7, 11) is 0. The standard InChI is InChI=1S/C17H21NO4/c19-17(18-8-9-20-14-3-1-2-13(14)18)7-5-12-4-6-15-16(10-12)22-11-21-15/h4,6,10,13-14H,1-3,5,7-9,11H2. The molecule has 2 aliphatic heterocycles. The Morgan fingerprint density at radius 3 is 3.09 bits per heavy atom. The molecular weight excluding hydrogens is 282 g/mol. The smallest absolute Gasteiger partial charge is 0.231 e. The van der Waals surface area contributed by atoms with E-state index >= 15 is 0 Å². The molecule has 2 atom stereocenters. The summed E-state index contributed by atoms with van der Waals surface area (Å²) in [4.78, 5) is 14.6. The Balaban J connectivity index is 1.38. The van der Waals surface area contributed by atoms with Crippen molar-refractivity contribution in [1.29, 1.82) is 0 Å². The van der Waals surface area contributed by atoms with Crippen molar-refractivity contribution in [3.63, 3.8) is 0 Å². The lowest BCUT2D eigenvalue weighted by Gasteiger charge is -2.37. The normalized spacial score (nSPS) is 26.1. The summed E-state index contributed by atoms with van der Waals surface area (Å²) in [5.74, 6) is 1.82. The fraction of sp³-hybridized carbons (Fsp3) is 0.588. The number of carbonyl (C=O) groups excluding carboxylic acids is 1. The number of aryl methyl sites for hydroxylation is 1. The second kappa shape index (κ2) is 5.80. The van der Waals surface area contributed by atoms with Gasteiger partial charge in [-0.1, -0.05) is 6.07 Å². The predicted molar refractivity (Wildman–Crippen MR) is 80.0 cm³/mol. The molecule has 118 valence electrons. The van der Waals surface area contributed by atoms with Crippen molar-refractivity contribution in [1.82, 2.24) is 4.90 Å². The van der Waals surface area contributed by atoms with Crippen molar-refractivity contribution in [2.24, 2.45) is 0 Å². The van der Waals surface area contributed by atoms with Crippen molar-refractivity contribution in [3.8, 4) is 11.5 Å². The number of benzene rings is 1. The zero-order valence-electron chi connectivity index (χ0n) is 12.6. The molecule has 1 saturated heterocycles. The number of amides is 1. The van der Waals surface area contributed by atoms with Gasteiger partial charge in [0.25, 0.3) is 0 Å². The summed E-state index contributed by atoms with van der Waals surface area (Å²) in [6, 6.07) is 6.22. The van der Waals surface area contributed by atoms with Crippen LogP contribution < -0.4 is 9.47 Å². The third kappa shape index (κ3) is 2.54. The van der Waals surface area contributed by atoms with Gasteiger partial charge in [0.2, 0.25) is 12.7 Å². The number of hydrogen-bond donors (Lipinski definition) is 0. The maximum Gasteiger partial charge on any atom is 0.231 e. The first kappa shape index (κ1) is 13.9. The largest absolute Gasteiger partial charge is 0.454 e. The Morgan fingerprint density at radius 2 is 2.14 bits per heavy atom. The molecular formula is C17H21NO4. The highest BCUT2D eigenvalue weighted by Gasteiger charge is 2.37. The van der Waals surface area contributed by atoms with Crippen LogP contribution in [0.5, 0.6) is 11.5 Å². The van der Waals surface area contributed by atoms with Crippen LogP contribution in [0.15, 0.2) is 18.2 Å². The van der Waals surface area contributed by atoms with E-state index in [0.717, 1.165) is 42.9 Å². The van der Waals surface area contributed by atoms with E-state index < -0.39 is 0 Å². The molecule has 22 heavy (non-hydrogen) atoms. The van der Waals surface area contributed by atoms with Crippen LogP contribution in [-0.4, -0.2) is 42.9 Å². The Bertz CT molecular complexity index is 574. The van der Waals surface area contributed by atoms with E-state index in [0.29, 0.717) is 19.1 Å². The molecule has 4 rings (SSSR count). The van der Waals surface area contributed by atoms with Gasteiger partial charge in [-0.25, -0.2) is 0 Å². The Kier molecular flexibility index (Phi) is 3.66. The molecule has 2 fully saturated rings. The lowest BCUT2D eigenvalue weighted by atomic mass is 10.1. The van der Waals surface area contributed by atoms with Gasteiger partial charge >= 0.3 is 0 Å². The molecule has 0 aromatic heterocycles. The number of rotatable bonds is 3. The molecule has 1 aliphatic carbocycles. The van der Waals surface area contributed by atoms with Crippen LogP contribution >= 0.6 is 0 Å². The van der Waals surface area contributed by atoms with E-state index in [1.54, 1.807) is 0 Å². The molecule has 2 heterocycles. The second-order valence-electron chi connectivity index (χ2n) is 6.18. The number of fused-ring (bicyclic) bond motifs is 2. The Labute approximate surface area is 130 Å². The SMILES string of the molecule is O=C(CCc1ccc2c(c1)OCO2)N1CCOC2CCCC21. The summed E-state index contributed by atoms with van der Waals surface area (Å²) in [6.07, 6.45) is 4.90. The number of hydrogen-bond acceptors (Lipinski definition) is 4. The minimum absolute atomic E-state index is 0.248. The maximum atomic E-state index is 12.6. The molecule has 1 saturated carbocycles. The van der Waals surface area contributed by atoms with Gasteiger partial charge in [0.1, 0.15) is 0 Å². The van der Waals surface area contributed by atoms with Gasteiger partial charge in [0.15, 0.2) is 11.5 Å². The summed E-state index contributed by atoms with van der Waals surface area (Å²) >= 11 is 0. The molecule has 3 aliphatic rings. The van der Waals surface area contributed by atoms with Crippen LogP contribution in [-0.2, 0) is 16.0 Å². The third-order valence-corrected chi connectivity index (χ3v) is 4.87. The van der Waals surface area contributed by atoms with Crippen molar-refractivity contribution in [2.75, 3.05) is 19.9 Å². The lowest BCUT2D eigenvalue weighted by Crippen LogP contribution is -2.51. The number of nitrogens with zero attached hydrogens (tertiary/aromatic N) is 1. The van der Waals surface area contributed by atoms with Crippen molar-refractivity contribution < 1.29 is 19.0 Å². The minimum Gasteiger partial charge on any atom is -0.454 e. The van der Waals surface area contributed by atoms with Crippen LogP contribution in [0.3, 0.4) is 0 Å². The summed E-state index contributed by atoms with van der Waals surface area (Å²) in [5.41, 5.74) is 1.12. The van der Waals surface area contributed by atoms with Gasteiger partial charge in [0.05, 0.1) is 18.8 Å². The zero-order valence-corrected chi connectivity index (χ0v) is 12.6. The summed E-state index contributed by atoms with van der Waals surface area (Å²) in [6.45, 7) is 1.70. The van der Waals surface area contributed by atoms with Crippen LogP contribution in [0, 0.1) is 0 Å². The average Bonchev–Trinajstić information content (AvgIpc) is 3.20. The van der Waals surface area contributed by atoms with Crippen LogP contribution in [0.25, 0.3) is 0 Å². The summed E-state index contributed by atoms with van der Waals surface area (Å²) in [5, 5.41) is 0. The first-order valence-corrected chi connectivity index (χ1v) is 8.11. The van der Waals surface area contributed by atoms with Gasteiger partial charge in [-0.05, 0) is 43.4 Å². The predicted octanol–water partition coefficient (Wildman–Crippen LogP) is 2.13. The zero-order chi connectivity index (χ0) is 14.9. The van der Waals surface area contributed by atoms with E-state index in [2.05, 4.69) is 0 Å². The molecule has 2 unspecified atom stereocenters. The molecule has 0 radical (unpaired) electrons. The minimum atomic E-state index is 0.248. The maximum absolute atomic E-state index is 12.6. The van der Waals surface area contributed by atoms with Gasteiger partial charge in [-0.3, -0.25) is 4.79 Å². The third-order valence-electron chi connectivity index (χ3n) is 4.87. The highest BCUT2D eigenvalue weighted by molar-refractivity contribution is 5.77. The fourth-order valence-electron chi connectivity index (χ4n) is 3.73. The molecule has 0 bridgehead atoms. The molecule has 5 nitrogen and oxygen atoms in total. The molecule has 1 amide bonds.